The molecule has 1 saturated heterocycles. The number of hydroxylamine groups is 2. The van der Waals surface area contributed by atoms with Crippen LogP contribution in [0.25, 0.3) is 6.08 Å². The van der Waals surface area contributed by atoms with Gasteiger partial charge in [-0.25, -0.2) is 9.59 Å². The van der Waals surface area contributed by atoms with E-state index >= 15 is 0 Å². The molecular weight excluding hydrogens is 588 g/mol. The molecule has 0 saturated carbocycles. The molecule has 1 fully saturated rings. The van der Waals surface area contributed by atoms with Gasteiger partial charge in [-0.1, -0.05) is 25.7 Å². The fraction of sp³-hybridized carbons (Fsp3) is 0.441. The molecule has 4 aliphatic rings. The first-order valence-corrected chi connectivity index (χ1v) is 18.8. The van der Waals surface area contributed by atoms with E-state index in [4.69, 9.17) is 9.57 Å². The van der Waals surface area contributed by atoms with Crippen molar-refractivity contribution in [2.24, 2.45) is 4.99 Å². The maximum absolute atomic E-state index is 13.3. The molecule has 2 aromatic carbocycles. The van der Waals surface area contributed by atoms with Crippen LogP contribution in [-0.4, -0.2) is 76.5 Å². The molecule has 0 radical (unpaired) electrons. The Labute approximate surface area is 264 Å². The van der Waals surface area contributed by atoms with Crippen LogP contribution in [0, 0.1) is 0 Å². The van der Waals surface area contributed by atoms with Crippen molar-refractivity contribution in [2.75, 3.05) is 43.6 Å². The topological polar surface area (TPSA) is 109 Å². The lowest BCUT2D eigenvalue weighted by Crippen LogP contribution is -2.60. The van der Waals surface area contributed by atoms with Gasteiger partial charge in [0.2, 0.25) is 0 Å². The second kappa shape index (κ2) is 11.9. The number of fused-ring (bicyclic) bond motifs is 4. The minimum atomic E-state index is -2.20. The Kier molecular flexibility index (Phi) is 8.15. The van der Waals surface area contributed by atoms with E-state index in [1.807, 2.05) is 6.08 Å². The number of ether oxygens (including phenoxy) is 1. The van der Waals surface area contributed by atoms with Crippen LogP contribution in [0.2, 0.25) is 13.1 Å². The van der Waals surface area contributed by atoms with Crippen molar-refractivity contribution in [2.45, 2.75) is 64.5 Å². The predicted octanol–water partition coefficient (Wildman–Crippen LogP) is 3.59. The van der Waals surface area contributed by atoms with Crippen molar-refractivity contribution >= 4 is 65.5 Å². The zero-order valence-corrected chi connectivity index (χ0v) is 27.5. The molecule has 6 rings (SSSR count). The molecule has 0 aliphatic carbocycles. The van der Waals surface area contributed by atoms with Gasteiger partial charge < -0.3 is 19.4 Å². The van der Waals surface area contributed by atoms with Crippen molar-refractivity contribution in [3.05, 3.63) is 52.6 Å². The van der Waals surface area contributed by atoms with Crippen molar-refractivity contribution in [3.63, 3.8) is 0 Å². The third-order valence-electron chi connectivity index (χ3n) is 9.60. The number of amides is 3. The van der Waals surface area contributed by atoms with Crippen molar-refractivity contribution in [3.8, 4) is 0 Å². The zero-order chi connectivity index (χ0) is 32.0. The summed E-state index contributed by atoms with van der Waals surface area (Å²) in [7, 11) is 2.06. The van der Waals surface area contributed by atoms with Gasteiger partial charge in [0, 0.05) is 68.9 Å². The average Bonchev–Trinajstić information content (AvgIpc) is 3.67. The van der Waals surface area contributed by atoms with Gasteiger partial charge in [0.1, 0.15) is 8.07 Å². The van der Waals surface area contributed by atoms with Gasteiger partial charge in [-0.05, 0) is 77.4 Å². The van der Waals surface area contributed by atoms with Crippen LogP contribution in [0.15, 0.2) is 29.8 Å². The van der Waals surface area contributed by atoms with E-state index in [9.17, 15) is 19.2 Å². The molecular formula is C34H40N4O6Si. The highest BCUT2D eigenvalue weighted by Crippen LogP contribution is 2.37. The van der Waals surface area contributed by atoms with Gasteiger partial charge in [0.15, 0.2) is 0 Å². The number of hydrogen-bond donors (Lipinski definition) is 0. The zero-order valence-electron chi connectivity index (χ0n) is 26.5. The maximum Gasteiger partial charge on any atom is 0.434 e. The third-order valence-corrected chi connectivity index (χ3v) is 13.1. The van der Waals surface area contributed by atoms with E-state index in [0.29, 0.717) is 30.0 Å². The summed E-state index contributed by atoms with van der Waals surface area (Å²) in [6, 6.07) is 6.91. The number of benzene rings is 2. The molecule has 0 aromatic heterocycles. The molecule has 45 heavy (non-hydrogen) atoms. The third kappa shape index (κ3) is 5.47. The average molecular weight is 629 g/mol. The van der Waals surface area contributed by atoms with E-state index in [1.54, 1.807) is 0 Å². The van der Waals surface area contributed by atoms with Crippen LogP contribution in [0.4, 0.5) is 16.2 Å². The Balaban J connectivity index is 1.21. The summed E-state index contributed by atoms with van der Waals surface area (Å²) < 4.78 is 5.59. The van der Waals surface area contributed by atoms with Crippen LogP contribution in [0.5, 0.6) is 0 Å². The lowest BCUT2D eigenvalue weighted by molar-refractivity contribution is -0.197. The molecule has 0 bridgehead atoms. The van der Waals surface area contributed by atoms with Gasteiger partial charge in [0.25, 0.3) is 11.8 Å². The molecule has 0 spiro atoms. The Morgan fingerprint density at radius 3 is 2.36 bits per heavy atom. The van der Waals surface area contributed by atoms with Crippen LogP contribution >= 0.6 is 0 Å². The molecule has 3 amide bonds. The summed E-state index contributed by atoms with van der Waals surface area (Å²) in [6.07, 6.45) is 4.95. The quantitative estimate of drug-likeness (QED) is 0.248. The molecule has 4 heterocycles. The van der Waals surface area contributed by atoms with Crippen LogP contribution < -0.4 is 20.2 Å². The summed E-state index contributed by atoms with van der Waals surface area (Å²) in [5.41, 5.74) is 8.76. The molecule has 10 nitrogen and oxygen atoms in total. The van der Waals surface area contributed by atoms with Gasteiger partial charge in [-0.2, -0.15) is 4.99 Å². The van der Waals surface area contributed by atoms with Gasteiger partial charge in [-0.15, -0.1) is 5.06 Å². The Bertz CT molecular complexity index is 1650. The first-order chi connectivity index (χ1) is 21.5. The fourth-order valence-electron chi connectivity index (χ4n) is 7.05. The molecule has 0 atom stereocenters. The highest BCUT2D eigenvalue weighted by molar-refractivity contribution is 7.03. The number of anilines is 2. The van der Waals surface area contributed by atoms with E-state index < -0.39 is 32.0 Å². The van der Waals surface area contributed by atoms with Gasteiger partial charge >= 0.3 is 12.1 Å². The normalized spacial score (nSPS) is 18.6. The van der Waals surface area contributed by atoms with Crippen molar-refractivity contribution < 1.29 is 28.8 Å². The fourth-order valence-corrected chi connectivity index (χ4v) is 10.1. The number of carbonyl (C=O) groups is 4. The smallest absolute Gasteiger partial charge is 0.434 e. The number of unbranched alkanes of at least 4 members (excludes halogenated alkanes) is 2. The standard InChI is InChI=1S/C34H40N4O6Si/c1-6-22-23-14-16-37(3)26(23)20-28-32(22)33(24-18-21-13-15-36(2)25(21)19-27(24)45(28,4)5)35-34(42)43-17-9-7-8-10-31(41)44-38-29(39)11-12-30(38)40/h6,18-20H,1,7-17H2,2-5H3/b35-33+. The molecule has 236 valence electrons. The van der Waals surface area contributed by atoms with Crippen molar-refractivity contribution in [1.29, 1.82) is 0 Å². The second-order valence-corrected chi connectivity index (χ2v) is 17.2. The highest BCUT2D eigenvalue weighted by Gasteiger charge is 2.42. The summed E-state index contributed by atoms with van der Waals surface area (Å²) in [4.78, 5) is 62.8. The number of imide groups is 1. The number of rotatable bonds is 8. The minimum absolute atomic E-state index is 0.0594. The summed E-state index contributed by atoms with van der Waals surface area (Å²) in [6.45, 7) is 11.0. The van der Waals surface area contributed by atoms with E-state index in [2.05, 4.69) is 66.8 Å². The van der Waals surface area contributed by atoms with Crippen molar-refractivity contribution in [1.82, 2.24) is 5.06 Å². The molecule has 4 aliphatic heterocycles. The lowest BCUT2D eigenvalue weighted by Gasteiger charge is -2.37. The monoisotopic (exact) mass is 628 g/mol. The molecule has 0 unspecified atom stereocenters. The van der Waals surface area contributed by atoms with E-state index in [1.165, 1.54) is 32.9 Å². The van der Waals surface area contributed by atoms with Gasteiger partial charge in [-0.3, -0.25) is 9.59 Å². The van der Waals surface area contributed by atoms with E-state index in [-0.39, 0.29) is 25.9 Å². The number of hydrogen-bond acceptors (Lipinski definition) is 8. The molecule has 0 N–H and O–H groups in total. The molecule has 2 aromatic rings. The van der Waals surface area contributed by atoms with E-state index in [0.717, 1.165) is 42.6 Å². The lowest BCUT2D eigenvalue weighted by atomic mass is 9.90. The maximum atomic E-state index is 13.3. The minimum Gasteiger partial charge on any atom is -0.448 e. The largest absolute Gasteiger partial charge is 0.448 e. The Morgan fingerprint density at radius 1 is 0.933 bits per heavy atom. The first-order valence-electron chi connectivity index (χ1n) is 15.8. The summed E-state index contributed by atoms with van der Waals surface area (Å²) in [5, 5.41) is 3.09. The first kappa shape index (κ1) is 30.8. The number of nitrogens with zero attached hydrogens (tertiary/aromatic N) is 4. The Hall–Kier alpha value is -4.25. The second-order valence-electron chi connectivity index (χ2n) is 12.8. The number of aliphatic imine (C=N–C) groups is 1. The van der Waals surface area contributed by atoms with Crippen LogP contribution in [0.3, 0.4) is 0 Å². The van der Waals surface area contributed by atoms with Crippen LogP contribution in [-0.2, 0) is 36.8 Å². The van der Waals surface area contributed by atoms with Gasteiger partial charge in [0.05, 0.1) is 12.3 Å². The SMILES string of the molecule is C=Cc1c2c(cc3c1/C(=N/C(=O)OCCCCCC(=O)ON1C(=O)CCC1=O)c1cc4c(cc1[Si]3(C)C)N(C)CC4)N(C)CC2. The predicted molar refractivity (Wildman–Crippen MR) is 176 cm³/mol. The molecule has 11 heteroatoms. The summed E-state index contributed by atoms with van der Waals surface area (Å²) in [5.74, 6) is -1.62. The highest BCUT2D eigenvalue weighted by atomic mass is 28.3. The summed E-state index contributed by atoms with van der Waals surface area (Å²) >= 11 is 0. The number of likely N-dealkylation sites (N-methyl/N-ethyl adjacent to an activating group) is 2. The number of carbonyl (C=O) groups excluding carboxylic acids is 4. The Morgan fingerprint density at radius 2 is 1.62 bits per heavy atom. The van der Waals surface area contributed by atoms with Crippen LogP contribution in [0.1, 0.15) is 66.3 Å².